The molecule has 7 heteroatoms. The Morgan fingerprint density at radius 2 is 2.00 bits per heavy atom. The van der Waals surface area contributed by atoms with Crippen LogP contribution < -0.4 is 15.8 Å². The van der Waals surface area contributed by atoms with E-state index in [0.29, 0.717) is 17.3 Å². The fourth-order valence-electron chi connectivity index (χ4n) is 2.87. The summed E-state index contributed by atoms with van der Waals surface area (Å²) >= 11 is 6.15. The maximum atomic E-state index is 12.4. The molecule has 6 nitrogen and oxygen atoms in total. The maximum absolute atomic E-state index is 12.4. The van der Waals surface area contributed by atoms with Gasteiger partial charge in [-0.1, -0.05) is 23.7 Å². The molecule has 3 rings (SSSR count). The highest BCUT2D eigenvalue weighted by molar-refractivity contribution is 6.33. The molecule has 2 amide bonds. The lowest BCUT2D eigenvalue weighted by Gasteiger charge is -2.18. The van der Waals surface area contributed by atoms with Gasteiger partial charge in [-0.25, -0.2) is 0 Å². The van der Waals surface area contributed by atoms with Gasteiger partial charge >= 0.3 is 0 Å². The highest BCUT2D eigenvalue weighted by Crippen LogP contribution is 2.29. The minimum absolute atomic E-state index is 0.0479. The molecule has 25 heavy (non-hydrogen) atoms. The molecule has 0 aliphatic carbocycles. The molecular formula is C18H18ClN3O3. The van der Waals surface area contributed by atoms with Gasteiger partial charge in [0.1, 0.15) is 5.56 Å². The lowest BCUT2D eigenvalue weighted by Crippen LogP contribution is -2.39. The van der Waals surface area contributed by atoms with Crippen LogP contribution in [-0.4, -0.2) is 29.4 Å². The average Bonchev–Trinajstić information content (AvgIpc) is 2.91. The van der Waals surface area contributed by atoms with Crippen LogP contribution in [0.1, 0.15) is 28.0 Å². The summed E-state index contributed by atoms with van der Waals surface area (Å²) in [5, 5.41) is 3.25. The van der Waals surface area contributed by atoms with E-state index in [1.54, 1.807) is 42.2 Å². The van der Waals surface area contributed by atoms with E-state index < -0.39 is 11.5 Å². The molecule has 1 atom stereocenters. The van der Waals surface area contributed by atoms with Crippen LogP contribution in [0, 0.1) is 13.8 Å². The molecule has 0 radical (unpaired) electrons. The molecule has 1 unspecified atom stereocenters. The van der Waals surface area contributed by atoms with E-state index in [2.05, 4.69) is 10.3 Å². The van der Waals surface area contributed by atoms with Gasteiger partial charge in [-0.2, -0.15) is 0 Å². The fraction of sp³-hybridized carbons (Fsp3) is 0.278. The summed E-state index contributed by atoms with van der Waals surface area (Å²) in [5.41, 5.74) is 1.78. The van der Waals surface area contributed by atoms with Gasteiger partial charge in [-0.15, -0.1) is 0 Å². The molecular weight excluding hydrogens is 342 g/mol. The zero-order valence-electron chi connectivity index (χ0n) is 13.9. The van der Waals surface area contributed by atoms with E-state index in [0.717, 1.165) is 11.3 Å². The maximum Gasteiger partial charge on any atom is 0.261 e. The number of anilines is 1. The third kappa shape index (κ3) is 3.44. The second-order valence-electron chi connectivity index (χ2n) is 6.15. The van der Waals surface area contributed by atoms with Gasteiger partial charge in [-0.05, 0) is 37.6 Å². The minimum atomic E-state index is -0.483. The molecule has 1 aromatic carbocycles. The van der Waals surface area contributed by atoms with Gasteiger partial charge in [0.2, 0.25) is 5.91 Å². The Hall–Kier alpha value is -2.60. The molecule has 2 aromatic rings. The Balaban J connectivity index is 1.76. The van der Waals surface area contributed by atoms with Gasteiger partial charge < -0.3 is 15.2 Å². The number of carbonyl (C=O) groups is 2. The van der Waals surface area contributed by atoms with Gasteiger partial charge in [0.25, 0.3) is 11.5 Å². The number of pyridine rings is 1. The molecule has 2 heterocycles. The predicted molar refractivity (Wildman–Crippen MR) is 96.2 cm³/mol. The number of carbonyl (C=O) groups excluding carboxylic acids is 2. The second kappa shape index (κ2) is 6.72. The van der Waals surface area contributed by atoms with Crippen LogP contribution in [0.5, 0.6) is 0 Å². The summed E-state index contributed by atoms with van der Waals surface area (Å²) in [4.78, 5) is 40.9. The first-order valence-electron chi connectivity index (χ1n) is 7.93. The molecule has 2 N–H and O–H groups in total. The van der Waals surface area contributed by atoms with Crippen molar-refractivity contribution >= 4 is 29.1 Å². The van der Waals surface area contributed by atoms with E-state index >= 15 is 0 Å². The fourth-order valence-corrected chi connectivity index (χ4v) is 3.10. The van der Waals surface area contributed by atoms with Crippen LogP contribution in [0.15, 0.2) is 35.1 Å². The summed E-state index contributed by atoms with van der Waals surface area (Å²) < 4.78 is 0. The first kappa shape index (κ1) is 17.2. The number of para-hydroxylation sites is 1. The summed E-state index contributed by atoms with van der Waals surface area (Å²) in [6.45, 7) is 3.91. The average molecular weight is 360 g/mol. The van der Waals surface area contributed by atoms with E-state index in [9.17, 15) is 14.4 Å². The van der Waals surface area contributed by atoms with E-state index in [1.165, 1.54) is 0 Å². The summed E-state index contributed by atoms with van der Waals surface area (Å²) in [6, 6.07) is 8.25. The van der Waals surface area contributed by atoms with Crippen LogP contribution in [0.25, 0.3) is 0 Å². The lowest BCUT2D eigenvalue weighted by molar-refractivity contribution is -0.117. The number of aromatic amines is 1. The monoisotopic (exact) mass is 359 g/mol. The molecule has 1 aliphatic rings. The first-order valence-corrected chi connectivity index (χ1v) is 8.31. The van der Waals surface area contributed by atoms with Gasteiger partial charge in [0, 0.05) is 18.7 Å². The topological polar surface area (TPSA) is 82.3 Å². The number of nitrogens with one attached hydrogen (secondary N) is 2. The zero-order chi connectivity index (χ0) is 18.1. The van der Waals surface area contributed by atoms with Crippen molar-refractivity contribution in [3.63, 3.8) is 0 Å². The van der Waals surface area contributed by atoms with Crippen LogP contribution in [-0.2, 0) is 4.79 Å². The van der Waals surface area contributed by atoms with Crippen molar-refractivity contribution in [3.8, 4) is 0 Å². The number of hydrogen-bond donors (Lipinski definition) is 2. The molecule has 0 bridgehead atoms. The third-order valence-corrected chi connectivity index (χ3v) is 4.67. The highest BCUT2D eigenvalue weighted by Gasteiger charge is 2.33. The molecule has 130 valence electrons. The highest BCUT2D eigenvalue weighted by atomic mass is 35.5. The Morgan fingerprint density at radius 1 is 1.28 bits per heavy atom. The summed E-state index contributed by atoms with van der Waals surface area (Å²) in [7, 11) is 0. The predicted octanol–water partition coefficient (Wildman–Crippen LogP) is 2.18. The Morgan fingerprint density at radius 3 is 2.72 bits per heavy atom. The van der Waals surface area contributed by atoms with Crippen molar-refractivity contribution in [1.29, 1.82) is 0 Å². The normalized spacial score (nSPS) is 17.0. The first-order chi connectivity index (χ1) is 11.9. The van der Waals surface area contributed by atoms with Crippen molar-refractivity contribution in [2.75, 3.05) is 11.4 Å². The number of aryl methyl sites for hydroxylation is 2. The molecule has 0 spiro atoms. The number of halogens is 1. The number of benzene rings is 1. The van der Waals surface area contributed by atoms with Gasteiger partial charge in [-0.3, -0.25) is 14.4 Å². The van der Waals surface area contributed by atoms with Crippen LogP contribution in [0.4, 0.5) is 5.69 Å². The summed E-state index contributed by atoms with van der Waals surface area (Å²) in [5.74, 6) is -0.601. The standard InChI is InChI=1S/C18H18ClN3O3/c1-10-7-13(17(24)20-11(10)2)18(25)21-12-8-16(23)22(9-12)15-6-4-3-5-14(15)19/h3-7,12H,8-9H2,1-2H3,(H,20,24)(H,21,25). The second-order valence-corrected chi connectivity index (χ2v) is 6.56. The van der Waals surface area contributed by atoms with Gasteiger partial charge in [0.05, 0.1) is 16.8 Å². The number of aromatic nitrogens is 1. The minimum Gasteiger partial charge on any atom is -0.347 e. The Labute approximate surface area is 149 Å². The lowest BCUT2D eigenvalue weighted by atomic mass is 10.1. The third-order valence-electron chi connectivity index (χ3n) is 4.35. The van der Waals surface area contributed by atoms with Crippen molar-refractivity contribution in [3.05, 3.63) is 62.5 Å². The molecule has 0 saturated carbocycles. The van der Waals surface area contributed by atoms with Crippen molar-refractivity contribution in [2.24, 2.45) is 0 Å². The number of H-pyrrole nitrogens is 1. The Bertz CT molecular complexity index is 907. The molecule has 1 aromatic heterocycles. The Kier molecular flexibility index (Phi) is 4.63. The largest absolute Gasteiger partial charge is 0.347 e. The SMILES string of the molecule is Cc1cc(C(=O)NC2CC(=O)N(c3ccccc3Cl)C2)c(=O)[nH]c1C. The molecule has 1 fully saturated rings. The van der Waals surface area contributed by atoms with Crippen molar-refractivity contribution < 1.29 is 9.59 Å². The van der Waals surface area contributed by atoms with E-state index in [4.69, 9.17) is 11.6 Å². The number of hydrogen-bond acceptors (Lipinski definition) is 3. The van der Waals surface area contributed by atoms with E-state index in [-0.39, 0.29) is 23.9 Å². The van der Waals surface area contributed by atoms with Crippen molar-refractivity contribution in [1.82, 2.24) is 10.3 Å². The number of rotatable bonds is 3. The number of amides is 2. The van der Waals surface area contributed by atoms with Crippen LogP contribution in [0.2, 0.25) is 5.02 Å². The van der Waals surface area contributed by atoms with Crippen LogP contribution in [0.3, 0.4) is 0 Å². The van der Waals surface area contributed by atoms with Crippen LogP contribution >= 0.6 is 11.6 Å². The van der Waals surface area contributed by atoms with E-state index in [1.807, 2.05) is 6.92 Å². The number of nitrogens with zero attached hydrogens (tertiary/aromatic N) is 1. The molecule has 1 saturated heterocycles. The van der Waals surface area contributed by atoms with Gasteiger partial charge in [0.15, 0.2) is 0 Å². The molecule has 1 aliphatic heterocycles. The quantitative estimate of drug-likeness (QED) is 0.881. The summed E-state index contributed by atoms with van der Waals surface area (Å²) in [6.07, 6.45) is 0.166. The van der Waals surface area contributed by atoms with Crippen molar-refractivity contribution in [2.45, 2.75) is 26.3 Å². The zero-order valence-corrected chi connectivity index (χ0v) is 14.7. The smallest absolute Gasteiger partial charge is 0.261 e.